The molecular weight excluding hydrogens is 324 g/mol. The van der Waals surface area contributed by atoms with Crippen molar-refractivity contribution < 1.29 is 9.53 Å². The molecule has 26 heavy (non-hydrogen) atoms. The topological polar surface area (TPSA) is 41.6 Å². The molecule has 0 saturated carbocycles. The Labute approximate surface area is 156 Å². The van der Waals surface area contributed by atoms with Gasteiger partial charge in [-0.25, -0.2) is 0 Å². The molecule has 1 unspecified atom stereocenters. The number of benzene rings is 2. The van der Waals surface area contributed by atoms with Crippen LogP contribution < -0.4 is 10.1 Å². The zero-order valence-electron chi connectivity index (χ0n) is 15.7. The van der Waals surface area contributed by atoms with Crippen LogP contribution in [0, 0.1) is 12.8 Å². The second-order valence-corrected chi connectivity index (χ2v) is 7.09. The minimum atomic E-state index is 0.0586. The molecule has 1 aliphatic rings. The van der Waals surface area contributed by atoms with Crippen molar-refractivity contribution in [1.82, 2.24) is 10.2 Å². The maximum absolute atomic E-state index is 12.6. The lowest BCUT2D eigenvalue weighted by atomic mass is 9.96. The van der Waals surface area contributed by atoms with Gasteiger partial charge in [-0.2, -0.15) is 0 Å². The van der Waals surface area contributed by atoms with E-state index >= 15 is 0 Å². The predicted octanol–water partition coefficient (Wildman–Crippen LogP) is 3.53. The van der Waals surface area contributed by atoms with Crippen molar-refractivity contribution in [2.24, 2.45) is 5.92 Å². The van der Waals surface area contributed by atoms with Gasteiger partial charge >= 0.3 is 0 Å². The van der Waals surface area contributed by atoms with E-state index in [0.29, 0.717) is 6.54 Å². The van der Waals surface area contributed by atoms with Crippen LogP contribution >= 0.6 is 0 Å². The average molecular weight is 352 g/mol. The van der Waals surface area contributed by atoms with E-state index in [4.69, 9.17) is 4.74 Å². The Morgan fingerprint density at radius 2 is 2.08 bits per heavy atom. The van der Waals surface area contributed by atoms with Crippen molar-refractivity contribution in [3.8, 4) is 5.75 Å². The highest BCUT2D eigenvalue weighted by molar-refractivity contribution is 5.79. The number of nitrogens with zero attached hydrogens (tertiary/aromatic N) is 1. The quantitative estimate of drug-likeness (QED) is 0.865. The van der Waals surface area contributed by atoms with Crippen molar-refractivity contribution in [1.29, 1.82) is 0 Å². The normalized spacial score (nSPS) is 17.7. The maximum Gasteiger partial charge on any atom is 0.224 e. The first kappa shape index (κ1) is 18.5. The van der Waals surface area contributed by atoms with Gasteiger partial charge in [0.15, 0.2) is 0 Å². The predicted molar refractivity (Wildman–Crippen MR) is 104 cm³/mol. The van der Waals surface area contributed by atoms with Gasteiger partial charge in [0.2, 0.25) is 5.91 Å². The Bertz CT molecular complexity index is 744. The Balaban J connectivity index is 1.54. The summed E-state index contributed by atoms with van der Waals surface area (Å²) in [6.45, 7) is 5.43. The van der Waals surface area contributed by atoms with E-state index in [2.05, 4.69) is 41.4 Å². The molecule has 2 aromatic carbocycles. The molecule has 0 aromatic heterocycles. The van der Waals surface area contributed by atoms with Crippen LogP contribution in [-0.2, 0) is 17.9 Å². The van der Waals surface area contributed by atoms with Crippen molar-refractivity contribution in [3.05, 3.63) is 65.2 Å². The molecular formula is C22H28N2O2. The van der Waals surface area contributed by atoms with Crippen molar-refractivity contribution >= 4 is 5.91 Å². The number of carbonyl (C=O) groups is 1. The lowest BCUT2D eigenvalue weighted by molar-refractivity contribution is -0.126. The van der Waals surface area contributed by atoms with Gasteiger partial charge in [0.1, 0.15) is 5.75 Å². The number of piperidine rings is 1. The molecule has 4 heteroatoms. The van der Waals surface area contributed by atoms with Gasteiger partial charge in [-0.05, 0) is 37.9 Å². The van der Waals surface area contributed by atoms with Gasteiger partial charge in [-0.1, -0.05) is 48.0 Å². The van der Waals surface area contributed by atoms with Gasteiger partial charge in [0.05, 0.1) is 13.0 Å². The number of carbonyl (C=O) groups excluding carboxylic acids is 1. The number of nitrogens with one attached hydrogen (secondary N) is 1. The molecule has 1 N–H and O–H groups in total. The Morgan fingerprint density at radius 1 is 1.23 bits per heavy atom. The molecule has 0 radical (unpaired) electrons. The number of ether oxygens (including phenoxy) is 1. The molecule has 2 aromatic rings. The van der Waals surface area contributed by atoms with Crippen LogP contribution in [0.3, 0.4) is 0 Å². The molecule has 1 atom stereocenters. The fourth-order valence-corrected chi connectivity index (χ4v) is 3.66. The monoisotopic (exact) mass is 352 g/mol. The van der Waals surface area contributed by atoms with Crippen molar-refractivity contribution in [3.63, 3.8) is 0 Å². The number of hydrogen-bond acceptors (Lipinski definition) is 3. The van der Waals surface area contributed by atoms with E-state index in [-0.39, 0.29) is 11.8 Å². The fraction of sp³-hybridized carbons (Fsp3) is 0.409. The third kappa shape index (κ3) is 4.85. The summed E-state index contributed by atoms with van der Waals surface area (Å²) in [5, 5.41) is 3.09. The van der Waals surface area contributed by atoms with E-state index < -0.39 is 0 Å². The zero-order valence-corrected chi connectivity index (χ0v) is 15.7. The smallest absolute Gasteiger partial charge is 0.224 e. The summed E-state index contributed by atoms with van der Waals surface area (Å²) in [6.07, 6.45) is 2.03. The molecule has 1 saturated heterocycles. The number of rotatable bonds is 6. The second-order valence-electron chi connectivity index (χ2n) is 7.09. The van der Waals surface area contributed by atoms with Crippen LogP contribution in [0.2, 0.25) is 0 Å². The number of methoxy groups -OCH3 is 1. The number of aryl methyl sites for hydroxylation is 1. The van der Waals surface area contributed by atoms with Crippen LogP contribution in [0.5, 0.6) is 5.75 Å². The highest BCUT2D eigenvalue weighted by atomic mass is 16.5. The zero-order chi connectivity index (χ0) is 18.4. The molecule has 1 aliphatic heterocycles. The minimum absolute atomic E-state index is 0.0586. The van der Waals surface area contributed by atoms with E-state index in [0.717, 1.165) is 43.8 Å². The molecule has 1 heterocycles. The molecule has 3 rings (SSSR count). The van der Waals surface area contributed by atoms with Gasteiger partial charge in [-0.15, -0.1) is 0 Å². The highest BCUT2D eigenvalue weighted by Gasteiger charge is 2.25. The lowest BCUT2D eigenvalue weighted by Crippen LogP contribution is -2.42. The third-order valence-electron chi connectivity index (χ3n) is 5.01. The molecule has 1 fully saturated rings. The van der Waals surface area contributed by atoms with E-state index in [1.165, 1.54) is 11.1 Å². The first-order valence-corrected chi connectivity index (χ1v) is 9.33. The first-order valence-electron chi connectivity index (χ1n) is 9.33. The van der Waals surface area contributed by atoms with Crippen LogP contribution in [0.25, 0.3) is 0 Å². The Morgan fingerprint density at radius 3 is 2.88 bits per heavy atom. The van der Waals surface area contributed by atoms with Gasteiger partial charge in [0, 0.05) is 25.2 Å². The average Bonchev–Trinajstić information content (AvgIpc) is 2.66. The Kier molecular flexibility index (Phi) is 6.29. The summed E-state index contributed by atoms with van der Waals surface area (Å²) < 4.78 is 5.36. The van der Waals surface area contributed by atoms with E-state index in [1.807, 2.05) is 24.3 Å². The number of hydrogen-bond donors (Lipinski definition) is 1. The largest absolute Gasteiger partial charge is 0.496 e. The SMILES string of the molecule is COc1ccccc1CNC(=O)C1CCCN(Cc2cccc(C)c2)C1. The number of para-hydroxylation sites is 1. The summed E-state index contributed by atoms with van der Waals surface area (Å²) >= 11 is 0. The van der Waals surface area contributed by atoms with Gasteiger partial charge in [-0.3, -0.25) is 9.69 Å². The van der Waals surface area contributed by atoms with E-state index in [1.54, 1.807) is 7.11 Å². The maximum atomic E-state index is 12.6. The molecule has 1 amide bonds. The third-order valence-corrected chi connectivity index (χ3v) is 5.01. The molecule has 0 spiro atoms. The Hall–Kier alpha value is -2.33. The van der Waals surface area contributed by atoms with Crippen molar-refractivity contribution in [2.75, 3.05) is 20.2 Å². The molecule has 138 valence electrons. The highest BCUT2D eigenvalue weighted by Crippen LogP contribution is 2.21. The molecule has 0 bridgehead atoms. The first-order chi connectivity index (χ1) is 12.7. The van der Waals surface area contributed by atoms with Crippen LogP contribution in [0.1, 0.15) is 29.5 Å². The van der Waals surface area contributed by atoms with Crippen LogP contribution in [-0.4, -0.2) is 31.0 Å². The lowest BCUT2D eigenvalue weighted by Gasteiger charge is -2.32. The summed E-state index contributed by atoms with van der Waals surface area (Å²) in [5.41, 5.74) is 3.61. The van der Waals surface area contributed by atoms with Crippen molar-refractivity contribution in [2.45, 2.75) is 32.9 Å². The van der Waals surface area contributed by atoms with Crippen LogP contribution in [0.15, 0.2) is 48.5 Å². The fourth-order valence-electron chi connectivity index (χ4n) is 3.66. The van der Waals surface area contributed by atoms with E-state index in [9.17, 15) is 4.79 Å². The molecule has 0 aliphatic carbocycles. The summed E-state index contributed by atoms with van der Waals surface area (Å²) in [6, 6.07) is 16.4. The molecule has 4 nitrogen and oxygen atoms in total. The van der Waals surface area contributed by atoms with Gasteiger partial charge in [0.25, 0.3) is 0 Å². The summed E-state index contributed by atoms with van der Waals surface area (Å²) in [5.74, 6) is 1.02. The summed E-state index contributed by atoms with van der Waals surface area (Å²) in [4.78, 5) is 15.0. The second kappa shape index (κ2) is 8.86. The van der Waals surface area contributed by atoms with Crippen LogP contribution in [0.4, 0.5) is 0 Å². The van der Waals surface area contributed by atoms with Gasteiger partial charge < -0.3 is 10.1 Å². The minimum Gasteiger partial charge on any atom is -0.496 e. The number of amides is 1. The standard InChI is InChI=1S/C22H28N2O2/c1-17-7-5-8-18(13-17)15-24-12-6-10-20(16-24)22(25)23-14-19-9-3-4-11-21(19)26-2/h3-5,7-9,11,13,20H,6,10,12,14-16H2,1-2H3,(H,23,25). The summed E-state index contributed by atoms with van der Waals surface area (Å²) in [7, 11) is 1.66. The number of likely N-dealkylation sites (tertiary alicyclic amines) is 1.